The second-order valence-corrected chi connectivity index (χ2v) is 11.6. The quantitative estimate of drug-likeness (QED) is 0.0846. The Labute approximate surface area is 291 Å². The van der Waals surface area contributed by atoms with Crippen LogP contribution in [0.2, 0.25) is 0 Å². The number of benzene rings is 3. The number of carbonyl (C=O) groups is 4. The Morgan fingerprint density at radius 3 is 1.36 bits per heavy atom. The Balaban J connectivity index is 1.08. The molecule has 0 fully saturated rings. The average Bonchev–Trinajstić information content (AvgIpc) is 3.12. The number of nitrogens with zero attached hydrogens (tertiary/aromatic N) is 2. The highest BCUT2D eigenvalue weighted by atomic mass is 16.2. The lowest BCUT2D eigenvalue weighted by molar-refractivity contribution is -0.696. The number of aryl methyl sites for hydroxylation is 2. The monoisotopic (exact) mass is 668 g/mol. The van der Waals surface area contributed by atoms with Crippen molar-refractivity contribution >= 4 is 52.5 Å². The van der Waals surface area contributed by atoms with E-state index < -0.39 is 0 Å². The summed E-state index contributed by atoms with van der Waals surface area (Å²) >= 11 is 0. The molecule has 0 unspecified atom stereocenters. The minimum Gasteiger partial charge on any atom is -0.323 e. The van der Waals surface area contributed by atoms with E-state index in [9.17, 15) is 19.2 Å². The van der Waals surface area contributed by atoms with E-state index in [2.05, 4.69) is 35.1 Å². The minimum atomic E-state index is -0.338. The van der Waals surface area contributed by atoms with Crippen LogP contribution in [-0.4, -0.2) is 23.6 Å². The van der Waals surface area contributed by atoms with Crippen molar-refractivity contribution in [2.45, 2.75) is 39.8 Å². The summed E-state index contributed by atoms with van der Waals surface area (Å²) in [6, 6.07) is 27.6. The summed E-state index contributed by atoms with van der Waals surface area (Å²) in [5.41, 5.74) is 4.63. The largest absolute Gasteiger partial charge is 0.323 e. The third-order valence-electron chi connectivity index (χ3n) is 7.62. The van der Waals surface area contributed by atoms with Crippen LogP contribution in [-0.2, 0) is 17.9 Å². The number of hydrogen-bond donors (Lipinski definition) is 4. The smallest absolute Gasteiger partial charge is 0.255 e. The molecular formula is C40H40N6O4+2. The van der Waals surface area contributed by atoms with Crippen molar-refractivity contribution in [2.24, 2.45) is 0 Å². The Bertz CT molecular complexity index is 1990. The molecule has 2 heterocycles. The van der Waals surface area contributed by atoms with E-state index in [1.54, 1.807) is 78.9 Å². The van der Waals surface area contributed by atoms with Gasteiger partial charge in [-0.2, -0.15) is 0 Å². The van der Waals surface area contributed by atoms with Crippen LogP contribution in [0.4, 0.5) is 22.7 Å². The molecule has 0 aliphatic heterocycles. The molecule has 5 aromatic rings. The molecule has 3 aromatic carbocycles. The molecule has 0 spiro atoms. The molecule has 0 aliphatic carbocycles. The fourth-order valence-corrected chi connectivity index (χ4v) is 5.11. The highest BCUT2D eigenvalue weighted by Crippen LogP contribution is 2.16. The van der Waals surface area contributed by atoms with Crippen LogP contribution in [0.3, 0.4) is 0 Å². The number of nitrogens with one attached hydrogen (secondary N) is 4. The molecule has 0 radical (unpaired) electrons. The Morgan fingerprint density at radius 1 is 0.520 bits per heavy atom. The maximum absolute atomic E-state index is 12.8. The average molecular weight is 669 g/mol. The number of rotatable bonds is 13. The number of hydrogen-bond acceptors (Lipinski definition) is 4. The summed E-state index contributed by atoms with van der Waals surface area (Å²) in [6.45, 7) is 5.92. The van der Waals surface area contributed by atoms with Gasteiger partial charge in [-0.25, -0.2) is 9.13 Å². The highest BCUT2D eigenvalue weighted by Gasteiger charge is 2.12. The Morgan fingerprint density at radius 2 is 0.920 bits per heavy atom. The standard InChI is InChI=1S/C40H38N6O4/c1-3-23-45-25-5-7-35(27-45)43-39(49)31-14-18-33(19-15-31)41-37(47)22-11-29-9-12-30(13-10-29)38(48)42-34-20-16-32(17-21-34)40(50)44-36-8-6-26-46(28-36)24-4-2/h5-22,25-28H,3-4,23-24H2,1-2H3,(H2-2,41,42,43,44,47,48,49,50)/p+2/b22-11+. The predicted molar refractivity (Wildman–Crippen MR) is 195 cm³/mol. The molecule has 10 heteroatoms. The molecule has 0 atom stereocenters. The highest BCUT2D eigenvalue weighted by molar-refractivity contribution is 6.07. The Kier molecular flexibility index (Phi) is 11.9. The summed E-state index contributed by atoms with van der Waals surface area (Å²) in [6.07, 6.45) is 12.7. The van der Waals surface area contributed by atoms with Crippen LogP contribution in [0.15, 0.2) is 128 Å². The molecule has 5 rings (SSSR count). The van der Waals surface area contributed by atoms with Crippen molar-refractivity contribution in [2.75, 3.05) is 21.3 Å². The summed E-state index contributed by atoms with van der Waals surface area (Å²) in [5.74, 6) is -1.12. The van der Waals surface area contributed by atoms with E-state index in [-0.39, 0.29) is 23.6 Å². The zero-order chi connectivity index (χ0) is 35.3. The van der Waals surface area contributed by atoms with Gasteiger partial charge in [-0.15, -0.1) is 0 Å². The van der Waals surface area contributed by atoms with Crippen LogP contribution in [0.5, 0.6) is 0 Å². The zero-order valence-electron chi connectivity index (χ0n) is 28.1. The van der Waals surface area contributed by atoms with Crippen molar-refractivity contribution in [1.82, 2.24) is 0 Å². The molecule has 0 saturated carbocycles. The van der Waals surface area contributed by atoms with E-state index in [1.807, 2.05) is 58.2 Å². The fourth-order valence-electron chi connectivity index (χ4n) is 5.11. The molecular weight excluding hydrogens is 628 g/mol. The first-order chi connectivity index (χ1) is 24.3. The number of carbonyl (C=O) groups excluding carboxylic acids is 4. The van der Waals surface area contributed by atoms with E-state index in [0.29, 0.717) is 39.4 Å². The van der Waals surface area contributed by atoms with Crippen molar-refractivity contribution in [3.63, 3.8) is 0 Å². The predicted octanol–water partition coefficient (Wildman–Crippen LogP) is 6.49. The molecule has 252 valence electrons. The van der Waals surface area contributed by atoms with Crippen LogP contribution < -0.4 is 30.4 Å². The number of pyridine rings is 2. The molecule has 10 nitrogen and oxygen atoms in total. The molecule has 0 bridgehead atoms. The van der Waals surface area contributed by atoms with Gasteiger partial charge in [0.15, 0.2) is 24.8 Å². The molecule has 0 aliphatic rings. The SMILES string of the molecule is CCC[n+]1cccc(NC(=O)c2ccc(NC(=O)/C=C/c3ccc(C(=O)Nc4ccc(C(=O)Nc5ccc[n+](CCC)c5)cc4)cc3)cc2)c1. The third kappa shape index (κ3) is 10.0. The number of amides is 4. The van der Waals surface area contributed by atoms with Crippen molar-refractivity contribution in [3.05, 3.63) is 150 Å². The first-order valence-electron chi connectivity index (χ1n) is 16.5. The molecule has 0 saturated heterocycles. The van der Waals surface area contributed by atoms with Gasteiger partial charge in [-0.05, 0) is 84.4 Å². The van der Waals surface area contributed by atoms with Crippen molar-refractivity contribution in [1.29, 1.82) is 0 Å². The van der Waals surface area contributed by atoms with E-state index in [1.165, 1.54) is 6.08 Å². The van der Waals surface area contributed by atoms with Gasteiger partial charge in [-0.1, -0.05) is 26.0 Å². The first-order valence-corrected chi connectivity index (χ1v) is 16.5. The summed E-state index contributed by atoms with van der Waals surface area (Å²) in [4.78, 5) is 50.8. The maximum Gasteiger partial charge on any atom is 0.255 e. The Hall–Kier alpha value is -6.42. The second kappa shape index (κ2) is 17.1. The molecule has 50 heavy (non-hydrogen) atoms. The van der Waals surface area contributed by atoms with Gasteiger partial charge in [0, 0.05) is 59.1 Å². The van der Waals surface area contributed by atoms with Crippen LogP contribution in [0.25, 0.3) is 6.08 Å². The van der Waals surface area contributed by atoms with E-state index >= 15 is 0 Å². The van der Waals surface area contributed by atoms with Gasteiger partial charge < -0.3 is 21.3 Å². The van der Waals surface area contributed by atoms with Crippen LogP contribution in [0, 0.1) is 0 Å². The molecule has 4 N–H and O–H groups in total. The van der Waals surface area contributed by atoms with Gasteiger partial charge in [0.1, 0.15) is 24.5 Å². The topological polar surface area (TPSA) is 124 Å². The molecule has 4 amide bonds. The lowest BCUT2D eigenvalue weighted by atomic mass is 10.1. The van der Waals surface area contributed by atoms with E-state index in [0.717, 1.165) is 31.5 Å². The summed E-state index contributed by atoms with van der Waals surface area (Å²) in [5, 5.41) is 11.4. The first kappa shape index (κ1) is 34.9. The summed E-state index contributed by atoms with van der Waals surface area (Å²) < 4.78 is 4.04. The van der Waals surface area contributed by atoms with Gasteiger partial charge in [0.25, 0.3) is 17.7 Å². The second-order valence-electron chi connectivity index (χ2n) is 11.6. The lowest BCUT2D eigenvalue weighted by Gasteiger charge is -2.08. The maximum atomic E-state index is 12.8. The normalized spacial score (nSPS) is 10.8. The minimum absolute atomic E-state index is 0.240. The zero-order valence-corrected chi connectivity index (χ0v) is 28.1. The van der Waals surface area contributed by atoms with Crippen molar-refractivity contribution in [3.8, 4) is 0 Å². The van der Waals surface area contributed by atoms with Crippen LogP contribution in [0.1, 0.15) is 63.3 Å². The van der Waals surface area contributed by atoms with Crippen LogP contribution >= 0.6 is 0 Å². The lowest BCUT2D eigenvalue weighted by Crippen LogP contribution is -2.33. The number of aromatic nitrogens is 2. The third-order valence-corrected chi connectivity index (χ3v) is 7.62. The summed E-state index contributed by atoms with van der Waals surface area (Å²) in [7, 11) is 0. The van der Waals surface area contributed by atoms with Gasteiger partial charge >= 0.3 is 0 Å². The van der Waals surface area contributed by atoms with Crippen molar-refractivity contribution < 1.29 is 28.3 Å². The number of anilines is 4. The van der Waals surface area contributed by atoms with E-state index in [4.69, 9.17) is 0 Å². The fraction of sp³-hybridized carbons (Fsp3) is 0.150. The van der Waals surface area contributed by atoms with Gasteiger partial charge in [0.05, 0.1) is 0 Å². The van der Waals surface area contributed by atoms with Gasteiger partial charge in [0.2, 0.25) is 5.91 Å². The molecule has 2 aromatic heterocycles. The van der Waals surface area contributed by atoms with Gasteiger partial charge in [-0.3, -0.25) is 19.2 Å².